The first-order valence-corrected chi connectivity index (χ1v) is 8.90. The molecular formula is C16H19N7OS. The predicted octanol–water partition coefficient (Wildman–Crippen LogP) is 2.79. The van der Waals surface area contributed by atoms with E-state index in [4.69, 9.17) is 0 Å². The zero-order chi connectivity index (χ0) is 17.6. The van der Waals surface area contributed by atoms with Crippen molar-refractivity contribution in [3.63, 3.8) is 0 Å². The van der Waals surface area contributed by atoms with Gasteiger partial charge in [-0.1, -0.05) is 0 Å². The molecule has 25 heavy (non-hydrogen) atoms. The van der Waals surface area contributed by atoms with Gasteiger partial charge in [0.25, 0.3) is 5.91 Å². The Kier molecular flexibility index (Phi) is 3.79. The lowest BCUT2D eigenvalue weighted by molar-refractivity contribution is 0.102. The monoisotopic (exact) mass is 357 g/mol. The van der Waals surface area contributed by atoms with Crippen molar-refractivity contribution in [2.45, 2.75) is 25.7 Å². The molecule has 0 aromatic carbocycles. The minimum Gasteiger partial charge on any atom is -0.330 e. The summed E-state index contributed by atoms with van der Waals surface area (Å²) in [6.45, 7) is 1.88. The lowest BCUT2D eigenvalue weighted by atomic mass is 10.3. The highest BCUT2D eigenvalue weighted by Crippen LogP contribution is 2.40. The maximum atomic E-state index is 12.6. The average Bonchev–Trinajstić information content (AvgIpc) is 3.09. The maximum absolute atomic E-state index is 12.6. The van der Waals surface area contributed by atoms with Gasteiger partial charge in [-0.05, 0) is 19.8 Å². The molecule has 0 bridgehead atoms. The summed E-state index contributed by atoms with van der Waals surface area (Å²) in [6, 6.07) is 3.79. The molecule has 1 aliphatic rings. The second-order valence-electron chi connectivity index (χ2n) is 6.22. The van der Waals surface area contributed by atoms with Crippen molar-refractivity contribution in [1.29, 1.82) is 0 Å². The zero-order valence-corrected chi connectivity index (χ0v) is 15.1. The fourth-order valence-electron chi connectivity index (χ4n) is 2.62. The number of thiazole rings is 1. The number of nitrogens with zero attached hydrogens (tertiary/aromatic N) is 5. The number of hydrogen-bond donors (Lipinski definition) is 2. The van der Waals surface area contributed by atoms with E-state index in [-0.39, 0.29) is 5.91 Å². The van der Waals surface area contributed by atoms with Gasteiger partial charge < -0.3 is 10.6 Å². The number of carbonyl (C=O) groups is 1. The molecule has 4 rings (SSSR count). The number of rotatable bonds is 5. The maximum Gasteiger partial charge on any atom is 0.278 e. The number of anilines is 3. The summed E-state index contributed by atoms with van der Waals surface area (Å²) in [4.78, 5) is 17.0. The first-order valence-electron chi connectivity index (χ1n) is 8.09. The van der Waals surface area contributed by atoms with E-state index in [1.807, 2.05) is 24.7 Å². The van der Waals surface area contributed by atoms with E-state index < -0.39 is 0 Å². The third-order valence-electron chi connectivity index (χ3n) is 4.04. The number of aromatic nitrogens is 5. The largest absolute Gasteiger partial charge is 0.330 e. The van der Waals surface area contributed by atoms with Crippen LogP contribution in [0.5, 0.6) is 0 Å². The standard InChI is InChI=1S/C16H19N7OS/c1-9-17-14(15(24)18-12-6-7-22(2)21-12)16(25-9)19-13-8-11(10-4-5-10)20-23(13)3/h6-8,10,19H,4-5H2,1-3H3,(H,18,21,24). The van der Waals surface area contributed by atoms with E-state index in [0.29, 0.717) is 22.4 Å². The lowest BCUT2D eigenvalue weighted by Crippen LogP contribution is -2.15. The molecule has 0 spiro atoms. The lowest BCUT2D eigenvalue weighted by Gasteiger charge is -2.06. The van der Waals surface area contributed by atoms with Crippen molar-refractivity contribution in [3.05, 3.63) is 34.7 Å². The summed E-state index contributed by atoms with van der Waals surface area (Å²) in [5.74, 6) is 1.66. The normalized spacial score (nSPS) is 13.9. The van der Waals surface area contributed by atoms with Crippen molar-refractivity contribution in [3.8, 4) is 0 Å². The van der Waals surface area contributed by atoms with Crippen molar-refractivity contribution in [1.82, 2.24) is 24.5 Å². The minimum atomic E-state index is -0.282. The zero-order valence-electron chi connectivity index (χ0n) is 14.3. The number of aryl methyl sites for hydroxylation is 3. The topological polar surface area (TPSA) is 89.7 Å². The van der Waals surface area contributed by atoms with Crippen LogP contribution >= 0.6 is 11.3 Å². The quantitative estimate of drug-likeness (QED) is 0.733. The van der Waals surface area contributed by atoms with Crippen molar-refractivity contribution < 1.29 is 4.79 Å². The molecule has 0 unspecified atom stereocenters. The fraction of sp³-hybridized carbons (Fsp3) is 0.375. The van der Waals surface area contributed by atoms with Crippen molar-refractivity contribution in [2.24, 2.45) is 14.1 Å². The summed E-state index contributed by atoms with van der Waals surface area (Å²) in [5.41, 5.74) is 1.47. The van der Waals surface area contributed by atoms with Gasteiger partial charge in [-0.25, -0.2) is 4.98 Å². The van der Waals surface area contributed by atoms with Gasteiger partial charge in [-0.3, -0.25) is 14.2 Å². The first-order chi connectivity index (χ1) is 12.0. The number of amides is 1. The molecule has 1 saturated carbocycles. The molecule has 0 aliphatic heterocycles. The minimum absolute atomic E-state index is 0.282. The van der Waals surface area contributed by atoms with Crippen molar-refractivity contribution in [2.75, 3.05) is 10.6 Å². The number of hydrogen-bond acceptors (Lipinski definition) is 6. The summed E-state index contributed by atoms with van der Waals surface area (Å²) in [6.07, 6.45) is 4.18. The second-order valence-corrected chi connectivity index (χ2v) is 7.42. The molecule has 0 atom stereocenters. The third-order valence-corrected chi connectivity index (χ3v) is 4.93. The summed E-state index contributed by atoms with van der Waals surface area (Å²) in [5, 5.41) is 16.3. The molecule has 0 radical (unpaired) electrons. The van der Waals surface area contributed by atoms with Crippen LogP contribution in [0.3, 0.4) is 0 Å². The summed E-state index contributed by atoms with van der Waals surface area (Å²) >= 11 is 1.45. The average molecular weight is 357 g/mol. The second kappa shape index (κ2) is 5.99. The number of carbonyl (C=O) groups excluding carboxylic acids is 1. The van der Waals surface area contributed by atoms with E-state index in [9.17, 15) is 4.79 Å². The Balaban J connectivity index is 1.57. The van der Waals surface area contributed by atoms with Crippen LogP contribution < -0.4 is 10.6 Å². The van der Waals surface area contributed by atoms with Crippen LogP contribution in [-0.2, 0) is 14.1 Å². The van der Waals surface area contributed by atoms with Gasteiger partial charge in [-0.2, -0.15) is 10.2 Å². The summed E-state index contributed by atoms with van der Waals surface area (Å²) in [7, 11) is 3.70. The number of nitrogens with one attached hydrogen (secondary N) is 2. The highest BCUT2D eigenvalue weighted by Gasteiger charge is 2.27. The van der Waals surface area contributed by atoms with Gasteiger partial charge in [0, 0.05) is 38.3 Å². The molecule has 8 nitrogen and oxygen atoms in total. The van der Waals surface area contributed by atoms with Crippen LogP contribution in [0.1, 0.15) is 39.9 Å². The predicted molar refractivity (Wildman–Crippen MR) is 96.5 cm³/mol. The fourth-order valence-corrected chi connectivity index (χ4v) is 3.45. The molecular weight excluding hydrogens is 338 g/mol. The molecule has 1 aliphatic carbocycles. The van der Waals surface area contributed by atoms with Gasteiger partial charge in [0.1, 0.15) is 10.8 Å². The van der Waals surface area contributed by atoms with Gasteiger partial charge in [0.15, 0.2) is 11.5 Å². The van der Waals surface area contributed by atoms with E-state index in [1.54, 1.807) is 24.0 Å². The Morgan fingerprint density at radius 3 is 2.80 bits per heavy atom. The Morgan fingerprint density at radius 1 is 1.32 bits per heavy atom. The van der Waals surface area contributed by atoms with Crippen LogP contribution in [0.4, 0.5) is 16.6 Å². The van der Waals surface area contributed by atoms with Crippen molar-refractivity contribution >= 4 is 33.9 Å². The van der Waals surface area contributed by atoms with Gasteiger partial charge in [0.05, 0.1) is 10.7 Å². The molecule has 3 aromatic rings. The van der Waals surface area contributed by atoms with Crippen LogP contribution in [0.25, 0.3) is 0 Å². The van der Waals surface area contributed by atoms with Gasteiger partial charge in [0.2, 0.25) is 0 Å². The van der Waals surface area contributed by atoms with E-state index >= 15 is 0 Å². The Labute approximate surface area is 148 Å². The molecule has 3 heterocycles. The van der Waals surface area contributed by atoms with Crippen LogP contribution in [0.2, 0.25) is 0 Å². The van der Waals surface area contributed by atoms with Gasteiger partial charge >= 0.3 is 0 Å². The first kappa shape index (κ1) is 15.8. The van der Waals surface area contributed by atoms with Gasteiger partial charge in [-0.15, -0.1) is 11.3 Å². The van der Waals surface area contributed by atoms with Crippen LogP contribution in [0, 0.1) is 6.92 Å². The highest BCUT2D eigenvalue weighted by atomic mass is 32.1. The molecule has 0 saturated heterocycles. The molecule has 2 N–H and O–H groups in total. The highest BCUT2D eigenvalue weighted by molar-refractivity contribution is 7.16. The SMILES string of the molecule is Cc1nc(C(=O)Nc2ccn(C)n2)c(Nc2cc(C3CC3)nn2C)s1. The van der Waals surface area contributed by atoms with E-state index in [1.165, 1.54) is 24.2 Å². The molecule has 3 aromatic heterocycles. The Bertz CT molecular complexity index is 934. The Morgan fingerprint density at radius 2 is 2.12 bits per heavy atom. The van der Waals surface area contributed by atoms with Crippen LogP contribution in [-0.4, -0.2) is 30.5 Å². The summed E-state index contributed by atoms with van der Waals surface area (Å²) < 4.78 is 3.44. The smallest absolute Gasteiger partial charge is 0.278 e. The van der Waals surface area contributed by atoms with E-state index in [2.05, 4.69) is 25.8 Å². The molecule has 1 amide bonds. The molecule has 9 heteroatoms. The van der Waals surface area contributed by atoms with E-state index in [0.717, 1.165) is 16.5 Å². The third kappa shape index (κ3) is 3.27. The molecule has 1 fully saturated rings. The Hall–Kier alpha value is -2.68. The van der Waals surface area contributed by atoms with Crippen LogP contribution in [0.15, 0.2) is 18.3 Å². The molecule has 130 valence electrons.